The highest BCUT2D eigenvalue weighted by atomic mass is 16.4. The van der Waals surface area contributed by atoms with Crippen LogP contribution < -0.4 is 0 Å². The van der Waals surface area contributed by atoms with Gasteiger partial charge in [0, 0.05) is 12.0 Å². The quantitative estimate of drug-likeness (QED) is 0.854. The number of hydrogen-bond donors (Lipinski definition) is 1. The molecule has 0 aliphatic rings. The van der Waals surface area contributed by atoms with Crippen molar-refractivity contribution in [1.29, 1.82) is 0 Å². The number of benzene rings is 1. The lowest BCUT2D eigenvalue weighted by Crippen LogP contribution is -1.89. The van der Waals surface area contributed by atoms with Crippen molar-refractivity contribution in [1.82, 2.24) is 10.2 Å². The van der Waals surface area contributed by atoms with Gasteiger partial charge < -0.3 is 9.52 Å². The minimum Gasteiger partial charge on any atom is -0.421 e. The van der Waals surface area contributed by atoms with E-state index in [0.717, 1.165) is 11.1 Å². The summed E-state index contributed by atoms with van der Waals surface area (Å²) < 4.78 is 5.45. The fourth-order valence-electron chi connectivity index (χ4n) is 1.61. The second-order valence-electron chi connectivity index (χ2n) is 3.79. The molecule has 1 N–H and O–H groups in total. The van der Waals surface area contributed by atoms with Crippen LogP contribution in [0.15, 0.2) is 22.6 Å². The summed E-state index contributed by atoms with van der Waals surface area (Å²) in [5.41, 5.74) is 3.26. The number of aryl methyl sites for hydroxylation is 2. The molecular formula is C12H14N2O2. The van der Waals surface area contributed by atoms with Crippen molar-refractivity contribution in [3.05, 3.63) is 35.2 Å². The van der Waals surface area contributed by atoms with Crippen LogP contribution in [0.2, 0.25) is 0 Å². The molecule has 0 spiro atoms. The first kappa shape index (κ1) is 10.8. The van der Waals surface area contributed by atoms with E-state index in [0.29, 0.717) is 18.2 Å². The van der Waals surface area contributed by atoms with E-state index < -0.39 is 0 Å². The first-order chi connectivity index (χ1) is 7.70. The Hall–Kier alpha value is -1.68. The van der Waals surface area contributed by atoms with Crippen LogP contribution in [-0.4, -0.2) is 21.9 Å². The molecule has 0 radical (unpaired) electrons. The van der Waals surface area contributed by atoms with Crippen LogP contribution in [0.3, 0.4) is 0 Å². The minimum absolute atomic E-state index is 0.0223. The first-order valence-electron chi connectivity index (χ1n) is 5.21. The predicted octanol–water partition coefficient (Wildman–Crippen LogP) is 1.89. The third kappa shape index (κ3) is 2.12. The highest BCUT2D eigenvalue weighted by molar-refractivity contribution is 5.58. The van der Waals surface area contributed by atoms with E-state index in [9.17, 15) is 0 Å². The predicted molar refractivity (Wildman–Crippen MR) is 60.0 cm³/mol. The molecule has 0 saturated heterocycles. The lowest BCUT2D eigenvalue weighted by molar-refractivity contribution is 0.285. The summed E-state index contributed by atoms with van der Waals surface area (Å²) in [7, 11) is 0. The highest BCUT2D eigenvalue weighted by Gasteiger charge is 2.10. The monoisotopic (exact) mass is 218 g/mol. The van der Waals surface area contributed by atoms with Gasteiger partial charge in [0.15, 0.2) is 0 Å². The summed E-state index contributed by atoms with van der Waals surface area (Å²) in [6.07, 6.45) is 0.401. The van der Waals surface area contributed by atoms with E-state index in [1.165, 1.54) is 5.56 Å². The molecule has 0 atom stereocenters. The van der Waals surface area contributed by atoms with Crippen molar-refractivity contribution in [2.45, 2.75) is 20.3 Å². The molecule has 2 rings (SSSR count). The fourth-order valence-corrected chi connectivity index (χ4v) is 1.61. The molecule has 1 heterocycles. The van der Waals surface area contributed by atoms with Gasteiger partial charge in [-0.25, -0.2) is 0 Å². The number of aliphatic hydroxyl groups excluding tert-OH is 1. The molecule has 0 amide bonds. The fraction of sp³-hybridized carbons (Fsp3) is 0.333. The second-order valence-corrected chi connectivity index (χ2v) is 3.79. The van der Waals surface area contributed by atoms with Gasteiger partial charge in [-0.05, 0) is 25.5 Å². The molecule has 1 aromatic heterocycles. The molecule has 0 bridgehead atoms. The van der Waals surface area contributed by atoms with Crippen molar-refractivity contribution in [2.24, 2.45) is 0 Å². The average Bonchev–Trinajstić information content (AvgIpc) is 2.67. The van der Waals surface area contributed by atoms with Crippen molar-refractivity contribution in [3.63, 3.8) is 0 Å². The third-order valence-corrected chi connectivity index (χ3v) is 2.40. The summed E-state index contributed by atoms with van der Waals surface area (Å²) in [5, 5.41) is 16.6. The van der Waals surface area contributed by atoms with Crippen molar-refractivity contribution >= 4 is 0 Å². The van der Waals surface area contributed by atoms with Gasteiger partial charge in [-0.2, -0.15) is 0 Å². The smallest absolute Gasteiger partial charge is 0.248 e. The SMILES string of the molecule is Cc1ccc(-c2nnc(CCO)o2)c(C)c1. The Balaban J connectivity index is 2.35. The highest BCUT2D eigenvalue weighted by Crippen LogP contribution is 2.22. The Morgan fingerprint density at radius 3 is 2.75 bits per heavy atom. The van der Waals surface area contributed by atoms with Gasteiger partial charge in [-0.15, -0.1) is 10.2 Å². The van der Waals surface area contributed by atoms with Gasteiger partial charge in [0.2, 0.25) is 11.8 Å². The summed E-state index contributed by atoms with van der Waals surface area (Å²) in [6, 6.07) is 6.06. The van der Waals surface area contributed by atoms with Crippen LogP contribution in [0.5, 0.6) is 0 Å². The average molecular weight is 218 g/mol. The number of hydrogen-bond acceptors (Lipinski definition) is 4. The molecule has 4 heteroatoms. The Labute approximate surface area is 93.9 Å². The normalized spacial score (nSPS) is 10.7. The van der Waals surface area contributed by atoms with Crippen LogP contribution >= 0.6 is 0 Å². The van der Waals surface area contributed by atoms with Gasteiger partial charge in [-0.1, -0.05) is 17.7 Å². The van der Waals surface area contributed by atoms with Gasteiger partial charge >= 0.3 is 0 Å². The molecule has 0 aliphatic heterocycles. The van der Waals surface area contributed by atoms with Gasteiger partial charge in [-0.3, -0.25) is 0 Å². The Morgan fingerprint density at radius 2 is 2.06 bits per heavy atom. The van der Waals surface area contributed by atoms with Crippen LogP contribution in [0.1, 0.15) is 17.0 Å². The van der Waals surface area contributed by atoms with Gasteiger partial charge in [0.25, 0.3) is 0 Å². The molecule has 0 fully saturated rings. The molecule has 0 aliphatic carbocycles. The minimum atomic E-state index is 0.0223. The first-order valence-corrected chi connectivity index (χ1v) is 5.21. The van der Waals surface area contributed by atoms with Crippen molar-refractivity contribution < 1.29 is 9.52 Å². The summed E-state index contributed by atoms with van der Waals surface area (Å²) >= 11 is 0. The van der Waals surface area contributed by atoms with Crippen LogP contribution in [0.25, 0.3) is 11.5 Å². The number of nitrogens with zero attached hydrogens (tertiary/aromatic N) is 2. The van der Waals surface area contributed by atoms with E-state index in [1.807, 2.05) is 26.0 Å². The molecule has 0 unspecified atom stereocenters. The zero-order valence-electron chi connectivity index (χ0n) is 9.40. The molecule has 16 heavy (non-hydrogen) atoms. The third-order valence-electron chi connectivity index (χ3n) is 2.40. The second kappa shape index (κ2) is 4.45. The van der Waals surface area contributed by atoms with Crippen molar-refractivity contribution in [2.75, 3.05) is 6.61 Å². The van der Waals surface area contributed by atoms with E-state index in [1.54, 1.807) is 0 Å². The van der Waals surface area contributed by atoms with E-state index >= 15 is 0 Å². The summed E-state index contributed by atoms with van der Waals surface area (Å²) in [6.45, 7) is 4.08. The number of aromatic nitrogens is 2. The molecule has 0 saturated carbocycles. The van der Waals surface area contributed by atoms with Crippen LogP contribution in [0.4, 0.5) is 0 Å². The van der Waals surface area contributed by atoms with E-state index in [2.05, 4.69) is 16.3 Å². The summed E-state index contributed by atoms with van der Waals surface area (Å²) in [5.74, 6) is 0.985. The zero-order chi connectivity index (χ0) is 11.5. The Kier molecular flexibility index (Phi) is 3.01. The lowest BCUT2D eigenvalue weighted by atomic mass is 10.1. The maximum absolute atomic E-state index is 8.76. The molecule has 1 aromatic carbocycles. The van der Waals surface area contributed by atoms with E-state index in [4.69, 9.17) is 9.52 Å². The standard InChI is InChI=1S/C12H14N2O2/c1-8-3-4-10(9(2)7-8)12-14-13-11(16-12)5-6-15/h3-4,7,15H,5-6H2,1-2H3. The molecule has 4 nitrogen and oxygen atoms in total. The van der Waals surface area contributed by atoms with Gasteiger partial charge in [0.1, 0.15) is 0 Å². The maximum atomic E-state index is 8.76. The maximum Gasteiger partial charge on any atom is 0.248 e. The van der Waals surface area contributed by atoms with E-state index in [-0.39, 0.29) is 6.61 Å². The Bertz CT molecular complexity index is 492. The molecular weight excluding hydrogens is 204 g/mol. The van der Waals surface area contributed by atoms with Crippen LogP contribution in [0, 0.1) is 13.8 Å². The Morgan fingerprint density at radius 1 is 1.25 bits per heavy atom. The lowest BCUT2D eigenvalue weighted by Gasteiger charge is -2.01. The summed E-state index contributed by atoms with van der Waals surface area (Å²) in [4.78, 5) is 0. The molecule has 84 valence electrons. The largest absolute Gasteiger partial charge is 0.421 e. The number of aliphatic hydroxyl groups is 1. The molecule has 2 aromatic rings. The zero-order valence-corrected chi connectivity index (χ0v) is 9.40. The van der Waals surface area contributed by atoms with Crippen molar-refractivity contribution in [3.8, 4) is 11.5 Å². The topological polar surface area (TPSA) is 59.2 Å². The van der Waals surface area contributed by atoms with Crippen LogP contribution in [-0.2, 0) is 6.42 Å². The van der Waals surface area contributed by atoms with Gasteiger partial charge in [0.05, 0.1) is 6.61 Å². The number of rotatable bonds is 3.